The Kier molecular flexibility index (Phi) is 6.12. The summed E-state index contributed by atoms with van der Waals surface area (Å²) in [6.45, 7) is 3.66. The number of nitrogens with one attached hydrogen (secondary N) is 2. The molecule has 1 aliphatic rings. The molecule has 0 atom stereocenters. The van der Waals surface area contributed by atoms with Gasteiger partial charge in [0.2, 0.25) is 5.91 Å². The summed E-state index contributed by atoms with van der Waals surface area (Å²) in [6, 6.07) is 9.48. The van der Waals surface area contributed by atoms with Crippen LogP contribution in [0.4, 0.5) is 10.1 Å². The summed E-state index contributed by atoms with van der Waals surface area (Å²) in [4.78, 5) is 20.6. The number of nitrogens with zero attached hydrogens (tertiary/aromatic N) is 1. The van der Waals surface area contributed by atoms with E-state index in [4.69, 9.17) is 9.72 Å². The number of hydrogen-bond donors (Lipinski definition) is 2. The molecular weight excluding hydrogens is 381 g/mol. The Morgan fingerprint density at radius 2 is 2.00 bits per heavy atom. The van der Waals surface area contributed by atoms with Gasteiger partial charge in [-0.15, -0.1) is 6.58 Å². The van der Waals surface area contributed by atoms with Crippen LogP contribution in [-0.4, -0.2) is 15.9 Å². The third-order valence-electron chi connectivity index (χ3n) is 5.48. The van der Waals surface area contributed by atoms with E-state index in [9.17, 15) is 9.18 Å². The number of aromatic amines is 1. The van der Waals surface area contributed by atoms with Gasteiger partial charge in [-0.3, -0.25) is 4.79 Å². The molecule has 0 unspecified atom stereocenters. The third kappa shape index (κ3) is 4.70. The van der Waals surface area contributed by atoms with E-state index in [1.165, 1.54) is 31.4 Å². The second kappa shape index (κ2) is 9.11. The summed E-state index contributed by atoms with van der Waals surface area (Å²) in [5, 5.41) is 2.92. The number of carbonyl (C=O) groups is 1. The molecule has 4 rings (SSSR count). The molecule has 0 bridgehead atoms. The number of aromatic nitrogens is 2. The van der Waals surface area contributed by atoms with Crippen molar-refractivity contribution in [2.45, 2.75) is 50.9 Å². The van der Waals surface area contributed by atoms with Gasteiger partial charge in [-0.2, -0.15) is 0 Å². The Morgan fingerprint density at radius 3 is 2.73 bits per heavy atom. The average molecular weight is 407 g/mol. The van der Waals surface area contributed by atoms with Gasteiger partial charge in [0.25, 0.3) is 0 Å². The standard InChI is InChI=1S/C24H26FN3O2/c1-2-3-9-23(29)26-21-14-19-20(28-24(27-19)16-7-5-4-6-8-16)15-22(21)30-18-12-10-17(25)11-13-18/h2,10-16H,1,3-9H2,(H,26,29)(H,27,28). The number of fused-ring (bicyclic) bond motifs is 1. The number of allylic oxidation sites excluding steroid dienone is 1. The Morgan fingerprint density at radius 1 is 1.23 bits per heavy atom. The molecule has 1 heterocycles. The van der Waals surface area contributed by atoms with Crippen molar-refractivity contribution in [2.75, 3.05) is 5.32 Å². The number of amides is 1. The molecule has 0 aliphatic heterocycles. The fourth-order valence-corrected chi connectivity index (χ4v) is 3.88. The number of anilines is 1. The van der Waals surface area contributed by atoms with Crippen LogP contribution in [0.5, 0.6) is 11.5 Å². The van der Waals surface area contributed by atoms with E-state index >= 15 is 0 Å². The summed E-state index contributed by atoms with van der Waals surface area (Å²) in [6.07, 6.45) is 8.67. The summed E-state index contributed by atoms with van der Waals surface area (Å²) in [5.74, 6) is 1.96. The lowest BCUT2D eigenvalue weighted by Crippen LogP contribution is -2.11. The van der Waals surface area contributed by atoms with E-state index in [1.807, 2.05) is 12.1 Å². The van der Waals surface area contributed by atoms with Gasteiger partial charge in [0.1, 0.15) is 17.4 Å². The first-order valence-electron chi connectivity index (χ1n) is 10.5. The highest BCUT2D eigenvalue weighted by Gasteiger charge is 2.20. The van der Waals surface area contributed by atoms with Crippen molar-refractivity contribution in [2.24, 2.45) is 0 Å². The molecule has 0 radical (unpaired) electrons. The highest BCUT2D eigenvalue weighted by Crippen LogP contribution is 2.36. The Labute approximate surface area is 175 Å². The molecule has 30 heavy (non-hydrogen) atoms. The summed E-state index contributed by atoms with van der Waals surface area (Å²) < 4.78 is 19.2. The molecule has 1 fully saturated rings. The van der Waals surface area contributed by atoms with Crippen LogP contribution >= 0.6 is 0 Å². The first-order chi connectivity index (χ1) is 14.6. The zero-order valence-corrected chi connectivity index (χ0v) is 16.9. The molecule has 1 aliphatic carbocycles. The average Bonchev–Trinajstić information content (AvgIpc) is 3.17. The number of benzene rings is 2. The molecule has 1 aromatic heterocycles. The van der Waals surface area contributed by atoms with Crippen LogP contribution in [0, 0.1) is 5.82 Å². The van der Waals surface area contributed by atoms with Gasteiger partial charge in [-0.25, -0.2) is 9.37 Å². The van der Waals surface area contributed by atoms with Crippen LogP contribution in [0.25, 0.3) is 11.0 Å². The molecule has 156 valence electrons. The highest BCUT2D eigenvalue weighted by molar-refractivity contribution is 5.95. The predicted molar refractivity (Wildman–Crippen MR) is 116 cm³/mol. The Bertz CT molecular complexity index is 1040. The second-order valence-electron chi connectivity index (χ2n) is 7.75. The van der Waals surface area contributed by atoms with Crippen LogP contribution in [0.15, 0.2) is 49.1 Å². The van der Waals surface area contributed by atoms with Gasteiger partial charge in [0.05, 0.1) is 16.7 Å². The fourth-order valence-electron chi connectivity index (χ4n) is 3.88. The number of H-pyrrole nitrogens is 1. The lowest BCUT2D eigenvalue weighted by Gasteiger charge is -2.18. The van der Waals surface area contributed by atoms with Crippen molar-refractivity contribution in [3.05, 3.63) is 60.7 Å². The predicted octanol–water partition coefficient (Wildman–Crippen LogP) is 6.45. The van der Waals surface area contributed by atoms with Crippen molar-refractivity contribution in [1.82, 2.24) is 9.97 Å². The number of halogens is 1. The molecule has 1 amide bonds. The van der Waals surface area contributed by atoms with E-state index in [0.717, 1.165) is 29.7 Å². The molecule has 2 aromatic carbocycles. The van der Waals surface area contributed by atoms with Crippen LogP contribution in [0.1, 0.15) is 56.7 Å². The summed E-state index contributed by atoms with van der Waals surface area (Å²) >= 11 is 0. The minimum atomic E-state index is -0.332. The number of rotatable bonds is 7. The van der Waals surface area contributed by atoms with E-state index in [-0.39, 0.29) is 11.7 Å². The first kappa shape index (κ1) is 20.1. The van der Waals surface area contributed by atoms with Crippen LogP contribution in [-0.2, 0) is 4.79 Å². The quantitative estimate of drug-likeness (QED) is 0.443. The summed E-state index contributed by atoms with van der Waals surface area (Å²) in [5.41, 5.74) is 2.19. The molecule has 0 spiro atoms. The van der Waals surface area contributed by atoms with Gasteiger partial charge in [-0.1, -0.05) is 25.3 Å². The normalized spacial score (nSPS) is 14.6. The lowest BCUT2D eigenvalue weighted by molar-refractivity contribution is -0.116. The minimum absolute atomic E-state index is 0.124. The molecule has 2 N–H and O–H groups in total. The second-order valence-corrected chi connectivity index (χ2v) is 7.75. The molecule has 6 heteroatoms. The summed E-state index contributed by atoms with van der Waals surface area (Å²) in [7, 11) is 0. The molecule has 5 nitrogen and oxygen atoms in total. The van der Waals surface area contributed by atoms with E-state index in [2.05, 4.69) is 16.9 Å². The zero-order valence-electron chi connectivity index (χ0n) is 16.9. The highest BCUT2D eigenvalue weighted by atomic mass is 19.1. The maximum atomic E-state index is 13.2. The van der Waals surface area contributed by atoms with Crippen LogP contribution in [0.3, 0.4) is 0 Å². The first-order valence-corrected chi connectivity index (χ1v) is 10.5. The van der Waals surface area contributed by atoms with Crippen LogP contribution < -0.4 is 10.1 Å². The smallest absolute Gasteiger partial charge is 0.224 e. The molecule has 0 saturated heterocycles. The van der Waals surface area contributed by atoms with Crippen molar-refractivity contribution >= 4 is 22.6 Å². The van der Waals surface area contributed by atoms with Crippen LogP contribution in [0.2, 0.25) is 0 Å². The van der Waals surface area contributed by atoms with Gasteiger partial charge in [0.15, 0.2) is 5.75 Å². The maximum absolute atomic E-state index is 13.2. The van der Waals surface area contributed by atoms with E-state index in [0.29, 0.717) is 35.9 Å². The monoisotopic (exact) mass is 407 g/mol. The SMILES string of the molecule is C=CCCC(=O)Nc1cc2nc(C3CCCCC3)[nH]c2cc1Oc1ccc(F)cc1. The zero-order chi connectivity index (χ0) is 20.9. The molecular formula is C24H26FN3O2. The third-order valence-corrected chi connectivity index (χ3v) is 5.48. The minimum Gasteiger partial charge on any atom is -0.455 e. The van der Waals surface area contributed by atoms with Crippen molar-refractivity contribution < 1.29 is 13.9 Å². The Balaban J connectivity index is 1.67. The number of ether oxygens (including phenoxy) is 1. The van der Waals surface area contributed by atoms with Crippen molar-refractivity contribution in [3.63, 3.8) is 0 Å². The number of carbonyl (C=O) groups excluding carboxylic acids is 1. The van der Waals surface area contributed by atoms with Gasteiger partial charge >= 0.3 is 0 Å². The fraction of sp³-hybridized carbons (Fsp3) is 0.333. The molecule has 1 saturated carbocycles. The van der Waals surface area contributed by atoms with Gasteiger partial charge in [0, 0.05) is 18.4 Å². The number of imidazole rings is 1. The van der Waals surface area contributed by atoms with Crippen molar-refractivity contribution in [3.8, 4) is 11.5 Å². The van der Waals surface area contributed by atoms with E-state index in [1.54, 1.807) is 18.2 Å². The van der Waals surface area contributed by atoms with Crippen molar-refractivity contribution in [1.29, 1.82) is 0 Å². The lowest BCUT2D eigenvalue weighted by atomic mass is 9.89. The largest absolute Gasteiger partial charge is 0.455 e. The maximum Gasteiger partial charge on any atom is 0.224 e. The van der Waals surface area contributed by atoms with E-state index < -0.39 is 0 Å². The molecule has 3 aromatic rings. The number of hydrogen-bond acceptors (Lipinski definition) is 3. The Hall–Kier alpha value is -3.15. The van der Waals surface area contributed by atoms with Gasteiger partial charge < -0.3 is 15.0 Å². The topological polar surface area (TPSA) is 67.0 Å². The van der Waals surface area contributed by atoms with Gasteiger partial charge in [-0.05, 0) is 49.6 Å².